The first kappa shape index (κ1) is 19.1. The van der Waals surface area contributed by atoms with Crippen LogP contribution in [-0.2, 0) is 0 Å². The van der Waals surface area contributed by atoms with E-state index in [0.29, 0.717) is 11.4 Å². The van der Waals surface area contributed by atoms with E-state index in [9.17, 15) is 18.0 Å². The lowest BCUT2D eigenvalue weighted by molar-refractivity contribution is -0.174. The number of aryl methyl sites for hydroxylation is 2. The highest BCUT2D eigenvalue weighted by Crippen LogP contribution is 2.43. The first-order chi connectivity index (χ1) is 13.7. The molecule has 0 bridgehead atoms. The Morgan fingerprint density at radius 1 is 1.28 bits per heavy atom. The predicted molar refractivity (Wildman–Crippen MR) is 101 cm³/mol. The molecule has 0 aliphatic carbocycles. The maximum Gasteiger partial charge on any atom is 0.410 e. The number of amides is 1. The maximum absolute atomic E-state index is 13.7. The van der Waals surface area contributed by atoms with Crippen LogP contribution in [0.2, 0.25) is 0 Å². The Kier molecular flexibility index (Phi) is 4.60. The van der Waals surface area contributed by atoms with Gasteiger partial charge < -0.3 is 15.1 Å². The van der Waals surface area contributed by atoms with Crippen LogP contribution >= 0.6 is 0 Å². The Morgan fingerprint density at radius 2 is 2.07 bits per heavy atom. The van der Waals surface area contributed by atoms with Gasteiger partial charge in [0.2, 0.25) is 0 Å². The zero-order valence-electron chi connectivity index (χ0n) is 15.7. The number of aromatic nitrogens is 2. The number of benzene rings is 1. The van der Waals surface area contributed by atoms with Gasteiger partial charge in [-0.3, -0.25) is 4.79 Å². The fourth-order valence-electron chi connectivity index (χ4n) is 3.42. The average molecular weight is 404 g/mol. The molecule has 4 rings (SSSR count). The zero-order chi connectivity index (χ0) is 20.8. The molecule has 2 atom stereocenters. The largest absolute Gasteiger partial charge is 0.467 e. The first-order valence-electron chi connectivity index (χ1n) is 9.07. The summed E-state index contributed by atoms with van der Waals surface area (Å²) in [7, 11) is 0. The van der Waals surface area contributed by atoms with Crippen molar-refractivity contribution in [2.24, 2.45) is 0 Å². The highest BCUT2D eigenvalue weighted by atomic mass is 19.4. The third-order valence-electron chi connectivity index (χ3n) is 4.95. The van der Waals surface area contributed by atoms with E-state index in [2.05, 4.69) is 15.7 Å². The minimum atomic E-state index is -4.52. The number of carbonyl (C=O) groups is 1. The number of nitrogens with one attached hydrogen (secondary N) is 2. The summed E-state index contributed by atoms with van der Waals surface area (Å²) in [4.78, 5) is 12.6. The molecule has 1 amide bonds. The van der Waals surface area contributed by atoms with Crippen LogP contribution in [0, 0.1) is 13.8 Å². The van der Waals surface area contributed by atoms with E-state index in [-0.39, 0.29) is 17.9 Å². The lowest BCUT2D eigenvalue weighted by Gasteiger charge is -2.32. The standard InChI is InChI=1S/C20H19F3N4O2/c1-11-5-6-12(2)13(8-11)25-19(28)15-10-18-24-14(16-4-3-7-29-16)9-17(20(21,22)23)27(18)26-15/h3-8,10,14,17,24H,9H2,1-2H3,(H,25,28). The minimum Gasteiger partial charge on any atom is -0.467 e. The maximum atomic E-state index is 13.7. The number of carbonyl (C=O) groups excluding carboxylic acids is 1. The van der Waals surface area contributed by atoms with Crippen LogP contribution in [0.15, 0.2) is 47.1 Å². The van der Waals surface area contributed by atoms with Gasteiger partial charge in [-0.1, -0.05) is 12.1 Å². The van der Waals surface area contributed by atoms with Crippen LogP contribution in [-0.4, -0.2) is 21.9 Å². The fourth-order valence-corrected chi connectivity index (χ4v) is 3.42. The topological polar surface area (TPSA) is 72.1 Å². The van der Waals surface area contributed by atoms with E-state index in [1.807, 2.05) is 26.0 Å². The average Bonchev–Trinajstić information content (AvgIpc) is 3.32. The third-order valence-corrected chi connectivity index (χ3v) is 4.95. The first-order valence-corrected chi connectivity index (χ1v) is 9.07. The summed E-state index contributed by atoms with van der Waals surface area (Å²) in [5.41, 5.74) is 2.30. The van der Waals surface area contributed by atoms with Crippen LogP contribution in [0.25, 0.3) is 0 Å². The van der Waals surface area contributed by atoms with E-state index in [0.717, 1.165) is 15.8 Å². The second-order valence-electron chi connectivity index (χ2n) is 7.14. The van der Waals surface area contributed by atoms with E-state index in [4.69, 9.17) is 4.42 Å². The van der Waals surface area contributed by atoms with Crippen LogP contribution in [0.5, 0.6) is 0 Å². The highest BCUT2D eigenvalue weighted by Gasteiger charge is 2.47. The van der Waals surface area contributed by atoms with Crippen LogP contribution < -0.4 is 10.6 Å². The van der Waals surface area contributed by atoms with Crippen molar-refractivity contribution in [2.45, 2.75) is 38.5 Å². The van der Waals surface area contributed by atoms with Gasteiger partial charge in [0.15, 0.2) is 11.7 Å². The summed E-state index contributed by atoms with van der Waals surface area (Å²) in [6.45, 7) is 3.72. The Morgan fingerprint density at radius 3 is 2.76 bits per heavy atom. The van der Waals surface area contributed by atoms with Gasteiger partial charge in [0.25, 0.3) is 5.91 Å². The molecule has 0 saturated heterocycles. The highest BCUT2D eigenvalue weighted by molar-refractivity contribution is 6.03. The molecule has 3 aromatic rings. The Labute approximate surface area is 164 Å². The van der Waals surface area contributed by atoms with Crippen molar-refractivity contribution in [3.05, 3.63) is 65.2 Å². The molecule has 1 aliphatic heterocycles. The summed E-state index contributed by atoms with van der Waals surface area (Å²) in [5.74, 6) is -0.0583. The number of anilines is 2. The normalized spacial score (nSPS) is 18.8. The van der Waals surface area contributed by atoms with Crippen molar-refractivity contribution in [3.8, 4) is 0 Å². The number of hydrogen-bond donors (Lipinski definition) is 2. The van der Waals surface area contributed by atoms with Gasteiger partial charge in [-0.2, -0.15) is 18.3 Å². The fraction of sp³-hybridized carbons (Fsp3) is 0.300. The molecule has 29 heavy (non-hydrogen) atoms. The summed E-state index contributed by atoms with van der Waals surface area (Å²) >= 11 is 0. The molecule has 2 unspecified atom stereocenters. The van der Waals surface area contributed by atoms with Crippen molar-refractivity contribution >= 4 is 17.4 Å². The second-order valence-corrected chi connectivity index (χ2v) is 7.14. The van der Waals surface area contributed by atoms with E-state index in [1.54, 1.807) is 18.2 Å². The molecular formula is C20H19F3N4O2. The number of rotatable bonds is 3. The van der Waals surface area contributed by atoms with Gasteiger partial charge in [0.1, 0.15) is 11.6 Å². The van der Waals surface area contributed by atoms with E-state index < -0.39 is 24.2 Å². The second kappa shape index (κ2) is 6.98. The van der Waals surface area contributed by atoms with Crippen molar-refractivity contribution in [3.63, 3.8) is 0 Å². The van der Waals surface area contributed by atoms with Gasteiger partial charge in [-0.25, -0.2) is 4.68 Å². The van der Waals surface area contributed by atoms with Crippen LogP contribution in [0.4, 0.5) is 24.7 Å². The van der Waals surface area contributed by atoms with Gasteiger partial charge in [-0.05, 0) is 43.2 Å². The number of furan rings is 1. The Hall–Kier alpha value is -3.23. The van der Waals surface area contributed by atoms with Gasteiger partial charge >= 0.3 is 6.18 Å². The lowest BCUT2D eigenvalue weighted by atomic mass is 10.0. The molecule has 3 heterocycles. The molecule has 2 N–H and O–H groups in total. The summed E-state index contributed by atoms with van der Waals surface area (Å²) in [6.07, 6.45) is -3.40. The number of alkyl halides is 3. The summed E-state index contributed by atoms with van der Waals surface area (Å²) in [5, 5.41) is 9.67. The molecule has 0 fully saturated rings. The molecule has 9 heteroatoms. The van der Waals surface area contributed by atoms with Crippen LogP contribution in [0.3, 0.4) is 0 Å². The Bertz CT molecular complexity index is 1040. The van der Waals surface area contributed by atoms with E-state index >= 15 is 0 Å². The molecule has 1 aromatic carbocycles. The SMILES string of the molecule is Cc1ccc(C)c(NC(=O)c2cc3n(n2)C(C(F)(F)F)CC(c2ccco2)N3)c1. The van der Waals surface area contributed by atoms with Crippen molar-refractivity contribution in [1.82, 2.24) is 9.78 Å². The molecule has 6 nitrogen and oxygen atoms in total. The smallest absolute Gasteiger partial charge is 0.410 e. The quantitative estimate of drug-likeness (QED) is 0.644. The number of hydrogen-bond acceptors (Lipinski definition) is 4. The number of nitrogens with zero attached hydrogens (tertiary/aromatic N) is 2. The molecule has 0 radical (unpaired) electrons. The van der Waals surface area contributed by atoms with Crippen molar-refractivity contribution in [1.29, 1.82) is 0 Å². The molecule has 2 aromatic heterocycles. The third kappa shape index (κ3) is 3.72. The molecule has 152 valence electrons. The van der Waals surface area contributed by atoms with Crippen molar-refractivity contribution in [2.75, 3.05) is 10.6 Å². The number of fused-ring (bicyclic) bond motifs is 1. The molecule has 1 aliphatic rings. The summed E-state index contributed by atoms with van der Waals surface area (Å²) < 4.78 is 47.1. The van der Waals surface area contributed by atoms with E-state index in [1.165, 1.54) is 12.3 Å². The molecule has 0 spiro atoms. The Balaban J connectivity index is 1.65. The number of halogens is 3. The van der Waals surface area contributed by atoms with Gasteiger partial charge in [0, 0.05) is 18.2 Å². The summed E-state index contributed by atoms with van der Waals surface area (Å²) in [6, 6.07) is 7.60. The monoisotopic (exact) mass is 404 g/mol. The van der Waals surface area contributed by atoms with Gasteiger partial charge in [-0.15, -0.1) is 0 Å². The lowest BCUT2D eigenvalue weighted by Crippen LogP contribution is -2.35. The molecular weight excluding hydrogens is 385 g/mol. The van der Waals surface area contributed by atoms with Crippen molar-refractivity contribution < 1.29 is 22.4 Å². The van der Waals surface area contributed by atoms with Gasteiger partial charge in [0.05, 0.1) is 12.3 Å². The zero-order valence-corrected chi connectivity index (χ0v) is 15.7. The minimum absolute atomic E-state index is 0.0947. The van der Waals surface area contributed by atoms with Crippen LogP contribution in [0.1, 0.15) is 45.9 Å². The molecule has 0 saturated carbocycles. The predicted octanol–water partition coefficient (Wildman–Crippen LogP) is 5.01.